The number of thioether (sulfide) groups is 1. The van der Waals surface area contributed by atoms with Gasteiger partial charge < -0.3 is 9.88 Å². The van der Waals surface area contributed by atoms with Gasteiger partial charge in [0.25, 0.3) is 0 Å². The maximum Gasteiger partial charge on any atom is 0.234 e. The molecule has 152 valence electrons. The molecular weight excluding hydrogens is 404 g/mol. The van der Waals surface area contributed by atoms with Crippen LogP contribution in [0.3, 0.4) is 0 Å². The van der Waals surface area contributed by atoms with Crippen molar-refractivity contribution in [1.82, 2.24) is 14.8 Å². The molecular formula is C22H25ClN4OS. The average molecular weight is 429 g/mol. The number of carbonyl (C=O) groups is 1. The summed E-state index contributed by atoms with van der Waals surface area (Å²) in [6, 6.07) is 15.4. The van der Waals surface area contributed by atoms with E-state index in [9.17, 15) is 4.79 Å². The van der Waals surface area contributed by atoms with Crippen LogP contribution < -0.4 is 5.32 Å². The van der Waals surface area contributed by atoms with Crippen LogP contribution in [0.25, 0.3) is 11.4 Å². The Balaban J connectivity index is 1.72. The maximum atomic E-state index is 12.6. The lowest BCUT2D eigenvalue weighted by Crippen LogP contribution is -2.20. The number of nitrogens with one attached hydrogen (secondary N) is 1. The number of hydrogen-bond acceptors (Lipinski definition) is 4. The molecule has 1 heterocycles. The maximum absolute atomic E-state index is 12.6. The third kappa shape index (κ3) is 5.19. The predicted octanol–water partition coefficient (Wildman–Crippen LogP) is 5.65. The quantitative estimate of drug-likeness (QED) is 0.515. The van der Waals surface area contributed by atoms with Gasteiger partial charge in [-0.15, -0.1) is 10.2 Å². The monoisotopic (exact) mass is 428 g/mol. The lowest BCUT2D eigenvalue weighted by atomic mass is 9.86. The van der Waals surface area contributed by atoms with Gasteiger partial charge in [0.2, 0.25) is 5.91 Å². The zero-order chi connectivity index (χ0) is 21.0. The molecule has 0 saturated heterocycles. The van der Waals surface area contributed by atoms with Gasteiger partial charge in [0.1, 0.15) is 0 Å². The lowest BCUT2D eigenvalue weighted by molar-refractivity contribution is -0.113. The van der Waals surface area contributed by atoms with Crippen molar-refractivity contribution in [2.24, 2.45) is 0 Å². The molecule has 0 spiro atoms. The van der Waals surface area contributed by atoms with E-state index in [0.717, 1.165) is 22.6 Å². The first-order chi connectivity index (χ1) is 13.8. The van der Waals surface area contributed by atoms with Gasteiger partial charge in [-0.2, -0.15) is 0 Å². The highest BCUT2D eigenvalue weighted by molar-refractivity contribution is 7.99. The van der Waals surface area contributed by atoms with Crippen LogP contribution in [0.2, 0.25) is 5.02 Å². The van der Waals surface area contributed by atoms with Gasteiger partial charge in [-0.3, -0.25) is 4.79 Å². The van der Waals surface area contributed by atoms with Gasteiger partial charge in [0, 0.05) is 22.8 Å². The summed E-state index contributed by atoms with van der Waals surface area (Å²) in [5, 5.41) is 13.0. The zero-order valence-corrected chi connectivity index (χ0v) is 18.6. The standard InChI is InChI=1S/C22H25ClN4OS/c1-5-27-20(15-9-8-10-16(23)13-15)25-26-21(27)29-14-19(28)24-18-12-7-6-11-17(18)22(2,3)4/h6-13H,5,14H2,1-4H3,(H,24,28). The molecule has 1 aromatic heterocycles. The molecule has 5 nitrogen and oxygen atoms in total. The molecule has 1 N–H and O–H groups in total. The molecule has 7 heteroatoms. The molecule has 29 heavy (non-hydrogen) atoms. The average Bonchev–Trinajstić information content (AvgIpc) is 3.09. The fourth-order valence-corrected chi connectivity index (χ4v) is 4.08. The van der Waals surface area contributed by atoms with Crippen LogP contribution in [0, 0.1) is 0 Å². The first kappa shape index (κ1) is 21.4. The summed E-state index contributed by atoms with van der Waals surface area (Å²) in [5.74, 6) is 0.934. The van der Waals surface area contributed by atoms with E-state index in [1.54, 1.807) is 0 Å². The van der Waals surface area contributed by atoms with Crippen LogP contribution in [0.1, 0.15) is 33.3 Å². The van der Waals surface area contributed by atoms with E-state index >= 15 is 0 Å². The first-order valence-corrected chi connectivity index (χ1v) is 10.9. The van der Waals surface area contributed by atoms with E-state index in [-0.39, 0.29) is 17.1 Å². The number of aromatic nitrogens is 3. The molecule has 0 unspecified atom stereocenters. The highest BCUT2D eigenvalue weighted by atomic mass is 35.5. The number of amides is 1. The number of halogens is 1. The number of rotatable bonds is 6. The second kappa shape index (κ2) is 9.01. The Kier molecular flexibility index (Phi) is 6.65. The molecule has 0 fully saturated rings. The van der Waals surface area contributed by atoms with Gasteiger partial charge >= 0.3 is 0 Å². The summed E-state index contributed by atoms with van der Waals surface area (Å²) in [4.78, 5) is 12.6. The van der Waals surface area contributed by atoms with Gasteiger partial charge in [0.15, 0.2) is 11.0 Å². The summed E-state index contributed by atoms with van der Waals surface area (Å²) < 4.78 is 1.99. The summed E-state index contributed by atoms with van der Waals surface area (Å²) >= 11 is 7.48. The van der Waals surface area contributed by atoms with Crippen molar-refractivity contribution in [2.75, 3.05) is 11.1 Å². The van der Waals surface area contributed by atoms with Crippen molar-refractivity contribution in [1.29, 1.82) is 0 Å². The molecule has 2 aromatic carbocycles. The number of carbonyl (C=O) groups excluding carboxylic acids is 1. The number of para-hydroxylation sites is 1. The van der Waals surface area contributed by atoms with Crippen molar-refractivity contribution in [3.8, 4) is 11.4 Å². The van der Waals surface area contributed by atoms with E-state index < -0.39 is 0 Å². The van der Waals surface area contributed by atoms with Gasteiger partial charge in [0.05, 0.1) is 5.75 Å². The highest BCUT2D eigenvalue weighted by Crippen LogP contribution is 2.30. The molecule has 0 bridgehead atoms. The van der Waals surface area contributed by atoms with Crippen molar-refractivity contribution in [2.45, 2.75) is 44.8 Å². The third-order valence-electron chi connectivity index (χ3n) is 4.46. The molecule has 0 aliphatic heterocycles. The van der Waals surface area contributed by atoms with E-state index in [1.165, 1.54) is 11.8 Å². The van der Waals surface area contributed by atoms with Crippen LogP contribution in [0.5, 0.6) is 0 Å². The third-order valence-corrected chi connectivity index (χ3v) is 5.66. The Bertz CT molecular complexity index is 1010. The number of benzene rings is 2. The Morgan fingerprint density at radius 1 is 1.14 bits per heavy atom. The molecule has 3 rings (SSSR count). The Morgan fingerprint density at radius 2 is 1.90 bits per heavy atom. The van der Waals surface area contributed by atoms with Crippen molar-refractivity contribution in [3.63, 3.8) is 0 Å². The van der Waals surface area contributed by atoms with Crippen LogP contribution in [0.15, 0.2) is 53.7 Å². The summed E-state index contributed by atoms with van der Waals surface area (Å²) in [7, 11) is 0. The van der Waals surface area contributed by atoms with Crippen LogP contribution in [0.4, 0.5) is 5.69 Å². The first-order valence-electron chi connectivity index (χ1n) is 9.51. The van der Waals surface area contributed by atoms with E-state index in [0.29, 0.717) is 16.7 Å². The largest absolute Gasteiger partial charge is 0.325 e. The lowest BCUT2D eigenvalue weighted by Gasteiger charge is -2.22. The minimum absolute atomic E-state index is 0.0503. The summed E-state index contributed by atoms with van der Waals surface area (Å²) in [5.41, 5.74) is 2.81. The van der Waals surface area contributed by atoms with Gasteiger partial charge in [-0.25, -0.2) is 0 Å². The van der Waals surface area contributed by atoms with Gasteiger partial charge in [-0.05, 0) is 36.1 Å². The van der Waals surface area contributed by atoms with Crippen LogP contribution in [-0.4, -0.2) is 26.4 Å². The number of hydrogen-bond donors (Lipinski definition) is 1. The fraction of sp³-hybridized carbons (Fsp3) is 0.318. The van der Waals surface area contributed by atoms with Crippen LogP contribution in [-0.2, 0) is 16.8 Å². The predicted molar refractivity (Wildman–Crippen MR) is 121 cm³/mol. The Labute approximate surface area is 180 Å². The normalized spacial score (nSPS) is 11.5. The topological polar surface area (TPSA) is 59.8 Å². The Hall–Kier alpha value is -2.31. The summed E-state index contributed by atoms with van der Waals surface area (Å²) in [6.07, 6.45) is 0. The number of anilines is 1. The summed E-state index contributed by atoms with van der Waals surface area (Å²) in [6.45, 7) is 9.13. The molecule has 0 aliphatic carbocycles. The molecule has 3 aromatic rings. The van der Waals surface area contributed by atoms with Crippen molar-refractivity contribution >= 4 is 35.0 Å². The van der Waals surface area contributed by atoms with E-state index in [2.05, 4.69) is 36.3 Å². The zero-order valence-electron chi connectivity index (χ0n) is 17.1. The minimum Gasteiger partial charge on any atom is -0.325 e. The molecule has 1 amide bonds. The Morgan fingerprint density at radius 3 is 2.59 bits per heavy atom. The molecule has 0 atom stereocenters. The molecule has 0 saturated carbocycles. The van der Waals surface area contributed by atoms with Crippen molar-refractivity contribution < 1.29 is 4.79 Å². The molecule has 0 radical (unpaired) electrons. The second-order valence-corrected chi connectivity index (χ2v) is 9.07. The van der Waals surface area contributed by atoms with Crippen LogP contribution >= 0.6 is 23.4 Å². The molecule has 0 aliphatic rings. The van der Waals surface area contributed by atoms with Crippen molar-refractivity contribution in [3.05, 3.63) is 59.1 Å². The number of nitrogens with zero attached hydrogens (tertiary/aromatic N) is 3. The smallest absolute Gasteiger partial charge is 0.234 e. The fourth-order valence-electron chi connectivity index (χ4n) is 3.08. The van der Waals surface area contributed by atoms with Gasteiger partial charge in [-0.1, -0.05) is 74.5 Å². The van der Waals surface area contributed by atoms with E-state index in [4.69, 9.17) is 11.6 Å². The highest BCUT2D eigenvalue weighted by Gasteiger charge is 2.19. The second-order valence-electron chi connectivity index (χ2n) is 7.69. The van der Waals surface area contributed by atoms with E-state index in [1.807, 2.05) is 60.0 Å². The SMILES string of the molecule is CCn1c(SCC(=O)Nc2ccccc2C(C)(C)C)nnc1-c1cccc(Cl)c1. The minimum atomic E-state index is -0.0679.